The van der Waals surface area contributed by atoms with Gasteiger partial charge < -0.3 is 15.7 Å². The summed E-state index contributed by atoms with van der Waals surface area (Å²) in [4.78, 5) is 4.49. The van der Waals surface area contributed by atoms with Crippen LogP contribution in [-0.4, -0.2) is 24.2 Å². The van der Waals surface area contributed by atoms with Crippen LogP contribution in [0.25, 0.3) is 0 Å². The fraction of sp³-hybridized carbons (Fsp3) is 0.263. The third-order valence-corrected chi connectivity index (χ3v) is 4.02. The smallest absolute Gasteiger partial charge is 0.191 e. The number of halogens is 3. The highest BCUT2D eigenvalue weighted by atomic mass is 127. The number of benzene rings is 2. The molecule has 0 bridgehead atoms. The number of rotatable bonds is 6. The Morgan fingerprint density at radius 1 is 1.15 bits per heavy atom. The van der Waals surface area contributed by atoms with E-state index in [9.17, 15) is 5.11 Å². The minimum atomic E-state index is -0.773. The normalized spacial score (nSPS) is 11.9. The molecule has 3 N–H and O–H groups in total. The molecule has 0 aliphatic carbocycles. The summed E-state index contributed by atoms with van der Waals surface area (Å²) in [5, 5.41) is 26.4. The highest BCUT2D eigenvalue weighted by molar-refractivity contribution is 14.0. The first-order valence-corrected chi connectivity index (χ1v) is 8.92. The number of aliphatic hydroxyl groups excluding tert-OH is 1. The van der Waals surface area contributed by atoms with Gasteiger partial charge in [0.05, 0.1) is 24.3 Å². The maximum absolute atomic E-state index is 10.3. The van der Waals surface area contributed by atoms with Crippen molar-refractivity contribution in [3.05, 3.63) is 69.2 Å². The van der Waals surface area contributed by atoms with Crippen LogP contribution in [0.4, 0.5) is 0 Å². The van der Waals surface area contributed by atoms with Crippen molar-refractivity contribution < 1.29 is 5.11 Å². The highest BCUT2D eigenvalue weighted by Gasteiger charge is 2.10. The molecule has 1 unspecified atom stereocenters. The number of guanidine groups is 1. The SMILES string of the molecule is CCNC(=NCc1ccc(C#N)cc1)NCC(O)c1cc(Cl)cc(Cl)c1.I. The molecule has 0 saturated carbocycles. The van der Waals surface area contributed by atoms with E-state index in [1.807, 2.05) is 19.1 Å². The fourth-order valence-corrected chi connectivity index (χ4v) is 2.82. The molecule has 0 spiro atoms. The Kier molecular flexibility index (Phi) is 10.5. The topological polar surface area (TPSA) is 80.4 Å². The van der Waals surface area contributed by atoms with Crippen LogP contribution in [0.1, 0.15) is 29.7 Å². The van der Waals surface area contributed by atoms with Gasteiger partial charge in [-0.2, -0.15) is 5.26 Å². The average molecular weight is 519 g/mol. The molecule has 5 nitrogen and oxygen atoms in total. The summed E-state index contributed by atoms with van der Waals surface area (Å²) >= 11 is 11.9. The Hall–Kier alpha value is -1.53. The lowest BCUT2D eigenvalue weighted by Crippen LogP contribution is -2.39. The van der Waals surface area contributed by atoms with E-state index in [2.05, 4.69) is 21.7 Å². The minimum absolute atomic E-state index is 0. The van der Waals surface area contributed by atoms with Crippen LogP contribution in [0.3, 0.4) is 0 Å². The van der Waals surface area contributed by atoms with E-state index in [0.29, 0.717) is 40.2 Å². The van der Waals surface area contributed by atoms with Crippen molar-refractivity contribution in [2.24, 2.45) is 4.99 Å². The number of aliphatic hydroxyl groups is 1. The molecule has 0 radical (unpaired) electrons. The molecule has 2 aromatic carbocycles. The van der Waals surface area contributed by atoms with E-state index in [0.717, 1.165) is 5.56 Å². The molecule has 8 heteroatoms. The lowest BCUT2D eigenvalue weighted by molar-refractivity contribution is 0.181. The van der Waals surface area contributed by atoms with Crippen LogP contribution in [0, 0.1) is 11.3 Å². The molecule has 0 amide bonds. The van der Waals surface area contributed by atoms with Crippen LogP contribution in [0.5, 0.6) is 0 Å². The van der Waals surface area contributed by atoms with Crippen molar-refractivity contribution in [1.29, 1.82) is 5.26 Å². The van der Waals surface area contributed by atoms with Gasteiger partial charge in [-0.05, 0) is 48.4 Å². The second kappa shape index (κ2) is 12.0. The lowest BCUT2D eigenvalue weighted by Gasteiger charge is -2.16. The molecule has 0 fully saturated rings. The van der Waals surface area contributed by atoms with Gasteiger partial charge in [0.15, 0.2) is 5.96 Å². The van der Waals surface area contributed by atoms with E-state index < -0.39 is 6.10 Å². The Labute approximate surface area is 186 Å². The number of hydrogen-bond acceptors (Lipinski definition) is 3. The summed E-state index contributed by atoms with van der Waals surface area (Å²) in [5.74, 6) is 0.587. The Morgan fingerprint density at radius 2 is 1.78 bits per heavy atom. The molecule has 0 heterocycles. The molecule has 27 heavy (non-hydrogen) atoms. The van der Waals surface area contributed by atoms with Gasteiger partial charge in [0, 0.05) is 23.1 Å². The van der Waals surface area contributed by atoms with Crippen molar-refractivity contribution >= 4 is 53.1 Å². The molecule has 2 aromatic rings. The Morgan fingerprint density at radius 3 is 2.33 bits per heavy atom. The molecule has 0 aliphatic rings. The van der Waals surface area contributed by atoms with Crippen molar-refractivity contribution in [3.63, 3.8) is 0 Å². The van der Waals surface area contributed by atoms with Gasteiger partial charge in [-0.3, -0.25) is 0 Å². The van der Waals surface area contributed by atoms with E-state index in [-0.39, 0.29) is 30.5 Å². The van der Waals surface area contributed by atoms with Gasteiger partial charge in [-0.1, -0.05) is 35.3 Å². The Balaban J connectivity index is 0.00000364. The van der Waals surface area contributed by atoms with Crippen LogP contribution in [0.15, 0.2) is 47.5 Å². The molecule has 0 aliphatic heterocycles. The molecule has 144 valence electrons. The van der Waals surface area contributed by atoms with Crippen LogP contribution < -0.4 is 10.6 Å². The maximum atomic E-state index is 10.3. The summed E-state index contributed by atoms with van der Waals surface area (Å²) in [5.41, 5.74) is 2.24. The monoisotopic (exact) mass is 518 g/mol. The van der Waals surface area contributed by atoms with Crippen LogP contribution in [-0.2, 0) is 6.54 Å². The van der Waals surface area contributed by atoms with E-state index >= 15 is 0 Å². The molecular formula is C19H21Cl2IN4O. The molecule has 1 atom stereocenters. The standard InChI is InChI=1S/C19H20Cl2N4O.HI/c1-2-23-19(24-11-14-5-3-13(10-22)4-6-14)25-12-18(26)15-7-16(20)9-17(21)8-15;/h3-9,18,26H,2,11-12H2,1H3,(H2,23,24,25);1H. The number of nitriles is 1. The second-order valence-electron chi connectivity index (χ2n) is 5.60. The van der Waals surface area contributed by atoms with Gasteiger partial charge in [0.1, 0.15) is 0 Å². The number of nitrogens with one attached hydrogen (secondary N) is 2. The summed E-state index contributed by atoms with van der Waals surface area (Å²) in [6, 6.07) is 14.3. The molecule has 2 rings (SSSR count). The van der Waals surface area contributed by atoms with Gasteiger partial charge in [0.25, 0.3) is 0 Å². The molecule has 0 saturated heterocycles. The van der Waals surface area contributed by atoms with Gasteiger partial charge in [-0.25, -0.2) is 4.99 Å². The number of nitrogens with zero attached hydrogens (tertiary/aromatic N) is 2. The predicted octanol–water partition coefficient (Wildman–Crippen LogP) is 4.27. The Bertz CT molecular complexity index is 786. The first kappa shape index (κ1) is 23.5. The zero-order valence-electron chi connectivity index (χ0n) is 14.7. The van der Waals surface area contributed by atoms with E-state index in [4.69, 9.17) is 28.5 Å². The quantitative estimate of drug-likeness (QED) is 0.303. The molecule has 0 aromatic heterocycles. The third-order valence-electron chi connectivity index (χ3n) is 3.58. The zero-order valence-corrected chi connectivity index (χ0v) is 18.6. The first-order valence-electron chi connectivity index (χ1n) is 8.17. The average Bonchev–Trinajstić information content (AvgIpc) is 2.63. The number of hydrogen-bond donors (Lipinski definition) is 3. The summed E-state index contributed by atoms with van der Waals surface area (Å²) in [7, 11) is 0. The number of aliphatic imine (C=N–C) groups is 1. The summed E-state index contributed by atoms with van der Waals surface area (Å²) in [6.07, 6.45) is -0.773. The van der Waals surface area contributed by atoms with Crippen molar-refractivity contribution in [2.75, 3.05) is 13.1 Å². The van der Waals surface area contributed by atoms with E-state index in [1.165, 1.54) is 0 Å². The predicted molar refractivity (Wildman–Crippen MR) is 121 cm³/mol. The third kappa shape index (κ3) is 7.93. The van der Waals surface area contributed by atoms with Crippen molar-refractivity contribution in [1.82, 2.24) is 10.6 Å². The van der Waals surface area contributed by atoms with Crippen LogP contribution in [0.2, 0.25) is 10.0 Å². The van der Waals surface area contributed by atoms with Crippen molar-refractivity contribution in [2.45, 2.75) is 19.6 Å². The van der Waals surface area contributed by atoms with Gasteiger partial charge in [-0.15, -0.1) is 24.0 Å². The second-order valence-corrected chi connectivity index (χ2v) is 6.48. The lowest BCUT2D eigenvalue weighted by atomic mass is 10.1. The minimum Gasteiger partial charge on any atom is -0.387 e. The van der Waals surface area contributed by atoms with Crippen LogP contribution >= 0.6 is 47.2 Å². The molecular weight excluding hydrogens is 498 g/mol. The first-order chi connectivity index (χ1) is 12.5. The van der Waals surface area contributed by atoms with Crippen molar-refractivity contribution in [3.8, 4) is 6.07 Å². The summed E-state index contributed by atoms with van der Waals surface area (Å²) in [6.45, 7) is 3.38. The van der Waals surface area contributed by atoms with E-state index in [1.54, 1.807) is 30.3 Å². The maximum Gasteiger partial charge on any atom is 0.191 e. The largest absolute Gasteiger partial charge is 0.387 e. The highest BCUT2D eigenvalue weighted by Crippen LogP contribution is 2.23. The van der Waals surface area contributed by atoms with Gasteiger partial charge >= 0.3 is 0 Å². The summed E-state index contributed by atoms with van der Waals surface area (Å²) < 4.78 is 0. The zero-order chi connectivity index (χ0) is 18.9. The fourth-order valence-electron chi connectivity index (χ4n) is 2.28. The van der Waals surface area contributed by atoms with Gasteiger partial charge in [0.2, 0.25) is 0 Å².